The van der Waals surface area contributed by atoms with Crippen LogP contribution < -0.4 is 32.5 Å². The van der Waals surface area contributed by atoms with Crippen LogP contribution in [-0.4, -0.2) is 12.5 Å². The van der Waals surface area contributed by atoms with E-state index in [0.29, 0.717) is 31.7 Å². The fourth-order valence-corrected chi connectivity index (χ4v) is 3.22. The first-order valence-electron chi connectivity index (χ1n) is 8.60. The lowest BCUT2D eigenvalue weighted by Gasteiger charge is -2.32. The van der Waals surface area contributed by atoms with Gasteiger partial charge in [-0.15, -0.1) is 0 Å². The second kappa shape index (κ2) is 7.03. The van der Waals surface area contributed by atoms with Gasteiger partial charge in [0.2, 0.25) is 0 Å². The zero-order chi connectivity index (χ0) is 18.8. The third-order valence-corrected chi connectivity index (χ3v) is 4.66. The highest BCUT2D eigenvalue weighted by Gasteiger charge is 2.26. The standard InChI is InChI=1S/C19H22N4O3/c1-2-3-14(20)19(26)22-9-11-4-5-12-6-7-23(10-13(12)8-11)16-15(21)17(24)18(16)25/h3-5,8H,2,6-7,9-10,20-21H2,1H3,(H,22,26)/b14-3+. The van der Waals surface area contributed by atoms with Crippen LogP contribution in [0.5, 0.6) is 0 Å². The average molecular weight is 354 g/mol. The fraction of sp³-hybridized carbons (Fsp3) is 0.316. The number of anilines is 2. The van der Waals surface area contributed by atoms with Gasteiger partial charge in [-0.1, -0.05) is 31.2 Å². The molecule has 1 amide bonds. The van der Waals surface area contributed by atoms with Crippen molar-refractivity contribution in [2.24, 2.45) is 5.73 Å². The van der Waals surface area contributed by atoms with Gasteiger partial charge in [-0.25, -0.2) is 0 Å². The maximum absolute atomic E-state index is 11.9. The number of amides is 1. The van der Waals surface area contributed by atoms with Crippen molar-refractivity contribution in [1.29, 1.82) is 0 Å². The van der Waals surface area contributed by atoms with Crippen LogP contribution in [0.15, 0.2) is 39.6 Å². The molecule has 0 atom stereocenters. The highest BCUT2D eigenvalue weighted by molar-refractivity contribution is 5.92. The maximum atomic E-state index is 11.9. The summed E-state index contributed by atoms with van der Waals surface area (Å²) in [6, 6.07) is 6.01. The predicted molar refractivity (Wildman–Crippen MR) is 101 cm³/mol. The van der Waals surface area contributed by atoms with Crippen LogP contribution in [0.3, 0.4) is 0 Å². The first-order chi connectivity index (χ1) is 12.4. The Morgan fingerprint density at radius 1 is 1.27 bits per heavy atom. The summed E-state index contributed by atoms with van der Waals surface area (Å²) in [6.07, 6.45) is 3.15. The van der Waals surface area contributed by atoms with E-state index in [9.17, 15) is 14.4 Å². The lowest BCUT2D eigenvalue weighted by atomic mass is 9.96. The largest absolute Gasteiger partial charge is 0.395 e. The third kappa shape index (κ3) is 3.20. The Balaban J connectivity index is 1.72. The molecule has 0 fully saturated rings. The van der Waals surface area contributed by atoms with Gasteiger partial charge in [0.1, 0.15) is 11.4 Å². The van der Waals surface area contributed by atoms with Crippen molar-refractivity contribution in [2.75, 3.05) is 17.2 Å². The molecule has 7 nitrogen and oxygen atoms in total. The molecule has 1 aliphatic rings. The molecular formula is C19H22N4O3. The van der Waals surface area contributed by atoms with Crippen molar-refractivity contribution < 1.29 is 4.79 Å². The number of nitrogens with one attached hydrogen (secondary N) is 1. The minimum absolute atomic E-state index is 0.0556. The molecule has 0 radical (unpaired) electrons. The molecule has 0 unspecified atom stereocenters. The molecule has 0 bridgehead atoms. The van der Waals surface area contributed by atoms with Gasteiger partial charge in [0.05, 0.1) is 5.70 Å². The summed E-state index contributed by atoms with van der Waals surface area (Å²) in [7, 11) is 0. The van der Waals surface area contributed by atoms with E-state index >= 15 is 0 Å². The zero-order valence-corrected chi connectivity index (χ0v) is 14.7. The van der Waals surface area contributed by atoms with Crippen LogP contribution in [0.2, 0.25) is 0 Å². The van der Waals surface area contributed by atoms with Gasteiger partial charge in [-0.3, -0.25) is 14.4 Å². The van der Waals surface area contributed by atoms with Crippen LogP contribution in [0.1, 0.15) is 30.0 Å². The van der Waals surface area contributed by atoms with Gasteiger partial charge in [0.15, 0.2) is 0 Å². The summed E-state index contributed by atoms with van der Waals surface area (Å²) < 4.78 is 0. The molecule has 0 aromatic heterocycles. The topological polar surface area (TPSA) is 119 Å². The Morgan fingerprint density at radius 3 is 2.73 bits per heavy atom. The van der Waals surface area contributed by atoms with Gasteiger partial charge in [0, 0.05) is 19.6 Å². The third-order valence-electron chi connectivity index (χ3n) is 4.66. The van der Waals surface area contributed by atoms with E-state index < -0.39 is 10.9 Å². The Bertz CT molecular complexity index is 954. The van der Waals surface area contributed by atoms with Gasteiger partial charge in [-0.2, -0.15) is 0 Å². The number of hydrogen-bond donors (Lipinski definition) is 3. The Labute approximate surface area is 151 Å². The summed E-state index contributed by atoms with van der Waals surface area (Å²) in [4.78, 5) is 36.8. The zero-order valence-electron chi connectivity index (χ0n) is 14.7. The smallest absolute Gasteiger partial charge is 0.267 e. The van der Waals surface area contributed by atoms with Crippen molar-refractivity contribution in [3.8, 4) is 0 Å². The molecular weight excluding hydrogens is 332 g/mol. The molecule has 26 heavy (non-hydrogen) atoms. The van der Waals surface area contributed by atoms with E-state index in [-0.39, 0.29) is 17.3 Å². The summed E-state index contributed by atoms with van der Waals surface area (Å²) in [5.74, 6) is -0.289. The van der Waals surface area contributed by atoms with Crippen molar-refractivity contribution in [2.45, 2.75) is 32.9 Å². The normalized spacial score (nSPS) is 14.3. The average Bonchev–Trinajstić information content (AvgIpc) is 2.65. The van der Waals surface area contributed by atoms with Gasteiger partial charge in [0.25, 0.3) is 16.8 Å². The second-order valence-corrected chi connectivity index (χ2v) is 6.45. The quantitative estimate of drug-likeness (QED) is 0.525. The summed E-state index contributed by atoms with van der Waals surface area (Å²) in [6.45, 7) is 3.45. The van der Waals surface area contributed by atoms with E-state index in [2.05, 4.69) is 5.32 Å². The Hall–Kier alpha value is -3.09. The van der Waals surface area contributed by atoms with Crippen LogP contribution >= 0.6 is 0 Å². The lowest BCUT2D eigenvalue weighted by Crippen LogP contribution is -2.44. The number of carbonyl (C=O) groups excluding carboxylic acids is 1. The first kappa shape index (κ1) is 17.7. The van der Waals surface area contributed by atoms with E-state index in [4.69, 9.17) is 11.5 Å². The molecule has 2 aromatic rings. The molecule has 7 heteroatoms. The van der Waals surface area contributed by atoms with Crippen LogP contribution in [-0.2, 0) is 24.3 Å². The minimum Gasteiger partial charge on any atom is -0.395 e. The first-order valence-corrected chi connectivity index (χ1v) is 8.60. The number of hydrogen-bond acceptors (Lipinski definition) is 6. The van der Waals surface area contributed by atoms with Gasteiger partial charge >= 0.3 is 0 Å². The molecule has 5 N–H and O–H groups in total. The maximum Gasteiger partial charge on any atom is 0.267 e. The Kier molecular flexibility index (Phi) is 4.79. The highest BCUT2D eigenvalue weighted by Crippen LogP contribution is 2.26. The van der Waals surface area contributed by atoms with Gasteiger partial charge < -0.3 is 21.7 Å². The van der Waals surface area contributed by atoms with Crippen molar-refractivity contribution in [3.05, 3.63) is 67.1 Å². The summed E-state index contributed by atoms with van der Waals surface area (Å²) >= 11 is 0. The number of nitrogen functional groups attached to an aromatic ring is 1. The van der Waals surface area contributed by atoms with E-state index in [1.165, 1.54) is 5.56 Å². The molecule has 2 aromatic carbocycles. The van der Waals surface area contributed by atoms with E-state index in [1.807, 2.05) is 30.0 Å². The number of carbonyl (C=O) groups is 1. The van der Waals surface area contributed by atoms with E-state index in [1.54, 1.807) is 6.08 Å². The van der Waals surface area contributed by atoms with Gasteiger partial charge in [-0.05, 0) is 29.5 Å². The fourth-order valence-electron chi connectivity index (χ4n) is 3.22. The van der Waals surface area contributed by atoms with Crippen molar-refractivity contribution in [1.82, 2.24) is 5.32 Å². The Morgan fingerprint density at radius 2 is 2.04 bits per heavy atom. The number of nitrogens with two attached hydrogens (primary N) is 2. The molecule has 0 saturated heterocycles. The molecule has 0 spiro atoms. The number of benzene rings is 1. The molecule has 1 aliphatic heterocycles. The summed E-state index contributed by atoms with van der Waals surface area (Å²) in [5, 5.41) is 2.79. The molecule has 136 valence electrons. The number of allylic oxidation sites excluding steroid dienone is 1. The molecule has 0 saturated carbocycles. The number of nitrogens with zero attached hydrogens (tertiary/aromatic N) is 1. The predicted octanol–water partition coefficient (Wildman–Crippen LogP) is 0.296. The SMILES string of the molecule is CC/C=C(/N)C(=O)NCc1ccc2c(c1)CN(c1c(N)c(=O)c1=O)CC2. The number of rotatable bonds is 5. The molecule has 1 heterocycles. The molecule has 3 rings (SSSR count). The second-order valence-electron chi connectivity index (χ2n) is 6.45. The number of fused-ring (bicyclic) bond motifs is 1. The minimum atomic E-state index is -0.597. The van der Waals surface area contributed by atoms with Crippen molar-refractivity contribution in [3.63, 3.8) is 0 Å². The lowest BCUT2D eigenvalue weighted by molar-refractivity contribution is -0.117. The molecule has 0 aliphatic carbocycles. The highest BCUT2D eigenvalue weighted by atomic mass is 16.2. The van der Waals surface area contributed by atoms with Crippen molar-refractivity contribution >= 4 is 17.3 Å². The van der Waals surface area contributed by atoms with Crippen LogP contribution in [0.25, 0.3) is 0 Å². The van der Waals surface area contributed by atoms with Crippen LogP contribution in [0.4, 0.5) is 11.4 Å². The summed E-state index contributed by atoms with van der Waals surface area (Å²) in [5.41, 5.74) is 14.1. The van der Waals surface area contributed by atoms with Crippen LogP contribution in [0, 0.1) is 0 Å². The monoisotopic (exact) mass is 354 g/mol. The van der Waals surface area contributed by atoms with E-state index in [0.717, 1.165) is 17.5 Å².